The van der Waals surface area contributed by atoms with E-state index in [1.54, 1.807) is 18.6 Å². The van der Waals surface area contributed by atoms with E-state index in [2.05, 4.69) is 20.5 Å². The van der Waals surface area contributed by atoms with Crippen LogP contribution in [0.2, 0.25) is 15.1 Å². The number of nitrogens with one attached hydrogen (secondary N) is 3. The molecule has 270 valence electrons. The largest absolute Gasteiger partial charge is 0.355 e. The van der Waals surface area contributed by atoms with Crippen molar-refractivity contribution in [2.75, 3.05) is 42.9 Å². The first-order valence-corrected chi connectivity index (χ1v) is 18.8. The number of carbonyl (C=O) groups is 2. The number of H-pyrrole nitrogens is 1. The van der Waals surface area contributed by atoms with Gasteiger partial charge in [0.1, 0.15) is 5.69 Å². The van der Waals surface area contributed by atoms with Gasteiger partial charge in [-0.05, 0) is 61.7 Å². The Bertz CT molecular complexity index is 2320. The summed E-state index contributed by atoms with van der Waals surface area (Å²) in [7, 11) is 0. The maximum absolute atomic E-state index is 14.7. The van der Waals surface area contributed by atoms with Crippen molar-refractivity contribution >= 4 is 69.0 Å². The summed E-state index contributed by atoms with van der Waals surface area (Å²) in [5, 5.41) is 8.77. The Morgan fingerprint density at radius 1 is 0.925 bits per heavy atom. The number of aromatic amines is 1. The molecule has 3 aromatic carbocycles. The predicted octanol–water partition coefficient (Wildman–Crippen LogP) is 8.32. The minimum absolute atomic E-state index is 0.151. The molecule has 2 amide bonds. The number of piperidine rings is 1. The molecule has 3 N–H and O–H groups in total. The molecule has 2 saturated heterocycles. The molecular weight excluding hydrogens is 731 g/mol. The van der Waals surface area contributed by atoms with Crippen LogP contribution in [0.25, 0.3) is 33.4 Å². The zero-order valence-corrected chi connectivity index (χ0v) is 31.2. The number of hydrogen-bond donors (Lipinski definition) is 3. The van der Waals surface area contributed by atoms with Crippen molar-refractivity contribution in [3.8, 4) is 22.5 Å². The van der Waals surface area contributed by atoms with E-state index in [9.17, 15) is 9.59 Å². The highest BCUT2D eigenvalue weighted by atomic mass is 35.5. The van der Waals surface area contributed by atoms with Gasteiger partial charge in [0, 0.05) is 75.5 Å². The lowest BCUT2D eigenvalue weighted by molar-refractivity contribution is -0.134. The molecule has 3 aromatic heterocycles. The van der Waals surface area contributed by atoms with Crippen LogP contribution in [0, 0.1) is 0 Å². The number of aromatic nitrogens is 4. The van der Waals surface area contributed by atoms with Gasteiger partial charge in [-0.2, -0.15) is 0 Å². The number of hydrogen-bond acceptors (Lipinski definition) is 6. The van der Waals surface area contributed by atoms with E-state index >= 15 is 0 Å². The highest BCUT2D eigenvalue weighted by Crippen LogP contribution is 2.42. The SMILES string of the molecule is CC(c1ccc(Cl)cc1Cl)n1cnc(-c2ccccc2)c1-c1c(C(=O)Nc2cccnc2N2CCC(N3CCNCC3=O)CC2)[nH]c2cc(Cl)ccc12. The molecule has 2 aliphatic heterocycles. The highest BCUT2D eigenvalue weighted by Gasteiger charge is 2.32. The van der Waals surface area contributed by atoms with Crippen LogP contribution in [-0.4, -0.2) is 75.0 Å². The number of carbonyl (C=O) groups excluding carboxylic acids is 2. The summed E-state index contributed by atoms with van der Waals surface area (Å²) in [5.74, 6) is 0.498. The second kappa shape index (κ2) is 14.9. The van der Waals surface area contributed by atoms with Crippen LogP contribution in [0.15, 0.2) is 91.4 Å². The number of anilines is 2. The topological polar surface area (TPSA) is 111 Å². The van der Waals surface area contributed by atoms with Crippen LogP contribution in [-0.2, 0) is 4.79 Å². The number of imidazole rings is 1. The fraction of sp³-hybridized carbons (Fsp3) is 0.250. The van der Waals surface area contributed by atoms with Crippen molar-refractivity contribution in [3.63, 3.8) is 0 Å². The number of amides is 2. The summed E-state index contributed by atoms with van der Waals surface area (Å²) in [6.07, 6.45) is 5.18. The van der Waals surface area contributed by atoms with Gasteiger partial charge in [0.2, 0.25) is 5.91 Å². The van der Waals surface area contributed by atoms with E-state index in [1.807, 2.05) is 89.2 Å². The van der Waals surface area contributed by atoms with Crippen LogP contribution < -0.4 is 15.5 Å². The molecule has 1 atom stereocenters. The average molecular weight is 768 g/mol. The second-order valence-corrected chi connectivity index (χ2v) is 14.7. The lowest BCUT2D eigenvalue weighted by Crippen LogP contribution is -2.55. The summed E-state index contributed by atoms with van der Waals surface area (Å²) in [6, 6.07) is 24.5. The Balaban J connectivity index is 1.19. The fourth-order valence-electron chi connectivity index (χ4n) is 7.61. The molecule has 53 heavy (non-hydrogen) atoms. The van der Waals surface area contributed by atoms with Gasteiger partial charge >= 0.3 is 0 Å². The van der Waals surface area contributed by atoms with Crippen LogP contribution in [0.1, 0.15) is 41.9 Å². The summed E-state index contributed by atoms with van der Waals surface area (Å²) in [4.78, 5) is 44.5. The van der Waals surface area contributed by atoms with Gasteiger partial charge in [-0.1, -0.05) is 77.3 Å². The predicted molar refractivity (Wildman–Crippen MR) is 212 cm³/mol. The van der Waals surface area contributed by atoms with Gasteiger partial charge in [0.05, 0.1) is 36.0 Å². The molecule has 1 unspecified atom stereocenters. The first kappa shape index (κ1) is 35.2. The molecule has 0 radical (unpaired) electrons. The van der Waals surface area contributed by atoms with Gasteiger partial charge < -0.3 is 30.0 Å². The molecule has 10 nitrogen and oxygen atoms in total. The van der Waals surface area contributed by atoms with Crippen molar-refractivity contribution in [2.45, 2.75) is 31.8 Å². The number of rotatable bonds is 8. The van der Waals surface area contributed by atoms with Crippen LogP contribution >= 0.6 is 34.8 Å². The van der Waals surface area contributed by atoms with Crippen LogP contribution in [0.4, 0.5) is 11.5 Å². The smallest absolute Gasteiger partial charge is 0.272 e. The van der Waals surface area contributed by atoms with Crippen molar-refractivity contribution in [3.05, 3.63) is 118 Å². The van der Waals surface area contributed by atoms with Crippen molar-refractivity contribution in [2.24, 2.45) is 0 Å². The number of piperazine rings is 1. The van der Waals surface area contributed by atoms with Crippen LogP contribution in [0.3, 0.4) is 0 Å². The third-order valence-corrected chi connectivity index (χ3v) is 11.1. The first-order valence-electron chi connectivity index (χ1n) is 17.7. The van der Waals surface area contributed by atoms with E-state index in [-0.39, 0.29) is 23.9 Å². The summed E-state index contributed by atoms with van der Waals surface area (Å²) in [6.45, 7) is 5.39. The zero-order valence-electron chi connectivity index (χ0n) is 29.0. The molecule has 0 aliphatic carbocycles. The fourth-order valence-corrected chi connectivity index (χ4v) is 8.35. The van der Waals surface area contributed by atoms with Gasteiger partial charge in [0.25, 0.3) is 5.91 Å². The Kier molecular flexibility index (Phi) is 9.87. The molecule has 2 fully saturated rings. The van der Waals surface area contributed by atoms with Crippen LogP contribution in [0.5, 0.6) is 0 Å². The van der Waals surface area contributed by atoms with Crippen molar-refractivity contribution in [1.29, 1.82) is 0 Å². The third-order valence-electron chi connectivity index (χ3n) is 10.3. The normalized spacial score (nSPS) is 16.0. The quantitative estimate of drug-likeness (QED) is 0.144. The molecule has 13 heteroatoms. The second-order valence-electron chi connectivity index (χ2n) is 13.4. The van der Waals surface area contributed by atoms with Crippen molar-refractivity contribution in [1.82, 2.24) is 29.7 Å². The van der Waals surface area contributed by atoms with E-state index < -0.39 is 0 Å². The van der Waals surface area contributed by atoms with Gasteiger partial charge in [0.15, 0.2) is 5.82 Å². The summed E-state index contributed by atoms with van der Waals surface area (Å²) >= 11 is 19.5. The minimum Gasteiger partial charge on any atom is -0.355 e. The molecule has 2 aliphatic rings. The highest BCUT2D eigenvalue weighted by molar-refractivity contribution is 6.35. The minimum atomic E-state index is -0.341. The first-order chi connectivity index (χ1) is 25.8. The van der Waals surface area contributed by atoms with Gasteiger partial charge in [-0.25, -0.2) is 9.97 Å². The number of benzene rings is 3. The summed E-state index contributed by atoms with van der Waals surface area (Å²) in [5.41, 5.74) is 5.52. The maximum atomic E-state index is 14.7. The Morgan fingerprint density at radius 3 is 2.47 bits per heavy atom. The van der Waals surface area contributed by atoms with Gasteiger partial charge in [-0.3, -0.25) is 9.59 Å². The standard InChI is InChI=1S/C40H37Cl3N8O2/c1-24(29-11-9-26(41)20-31(29)43)51-23-46-36(25-6-3-2-4-7-25)38(51)35-30-12-10-27(42)21-33(30)47-37(35)40(53)48-32-8-5-15-45-39(32)49-17-13-28(14-18-49)50-19-16-44-22-34(50)52/h2-12,15,20-21,23-24,28,44,47H,13-14,16-19,22H2,1H3,(H,48,53). The van der Waals surface area contributed by atoms with E-state index in [0.717, 1.165) is 48.1 Å². The third kappa shape index (κ3) is 6.88. The zero-order chi connectivity index (χ0) is 36.6. The monoisotopic (exact) mass is 766 g/mol. The average Bonchev–Trinajstić information content (AvgIpc) is 3.77. The molecular formula is C40H37Cl3N8O2. The molecule has 0 bridgehead atoms. The van der Waals surface area contributed by atoms with E-state index in [4.69, 9.17) is 44.8 Å². The summed E-state index contributed by atoms with van der Waals surface area (Å²) < 4.78 is 2.05. The lowest BCUT2D eigenvalue weighted by Gasteiger charge is -2.41. The molecule has 0 saturated carbocycles. The van der Waals surface area contributed by atoms with Crippen molar-refractivity contribution < 1.29 is 9.59 Å². The Labute approximate surface area is 322 Å². The molecule has 5 heterocycles. The molecule has 6 aromatic rings. The number of nitrogens with zero attached hydrogens (tertiary/aromatic N) is 5. The Morgan fingerprint density at radius 2 is 1.70 bits per heavy atom. The van der Waals surface area contributed by atoms with E-state index in [1.165, 1.54) is 0 Å². The molecule has 8 rings (SSSR count). The number of pyridine rings is 1. The van der Waals surface area contributed by atoms with Gasteiger partial charge in [-0.15, -0.1) is 0 Å². The molecule has 0 spiro atoms. The number of halogens is 3. The number of fused-ring (bicyclic) bond motifs is 1. The van der Waals surface area contributed by atoms with E-state index in [0.29, 0.717) is 68.7 Å². The maximum Gasteiger partial charge on any atom is 0.272 e. The Hall–Kier alpha value is -4.87. The lowest BCUT2D eigenvalue weighted by atomic mass is 9.99.